The van der Waals surface area contributed by atoms with Crippen LogP contribution in [0.15, 0.2) is 0 Å². The van der Waals surface area contributed by atoms with Crippen molar-refractivity contribution in [3.8, 4) is 0 Å². The minimum Gasteiger partial charge on any atom is -0.261 e. The number of hydrogen-bond donors (Lipinski definition) is 0. The number of carbonyl (C=O) groups excluding carboxylic acids is 2. The van der Waals surface area contributed by atoms with Gasteiger partial charge in [-0.3, -0.25) is 9.78 Å². The fourth-order valence-electron chi connectivity index (χ4n) is 0.184. The molecule has 0 atom stereocenters. The summed E-state index contributed by atoms with van der Waals surface area (Å²) in [5, 5.41) is 7.13. The smallest absolute Gasteiger partial charge is 0.261 e. The third-order valence-electron chi connectivity index (χ3n) is 0.710. The molecule has 0 saturated carbocycles. The summed E-state index contributed by atoms with van der Waals surface area (Å²) in [7, 11) is 0. The number of alkyl halides is 6. The first-order valence-corrected chi connectivity index (χ1v) is 5.22. The van der Waals surface area contributed by atoms with E-state index in [9.17, 15) is 9.59 Å². The summed E-state index contributed by atoms with van der Waals surface area (Å²) >= 11 is 30.3. The van der Waals surface area contributed by atoms with E-state index < -0.39 is 19.5 Å². The second kappa shape index (κ2) is 6.51. The van der Waals surface area contributed by atoms with Crippen molar-refractivity contribution in [1.82, 2.24) is 0 Å². The zero-order chi connectivity index (χ0) is 13.0. The van der Waals surface area contributed by atoms with Crippen molar-refractivity contribution in [2.45, 2.75) is 7.59 Å². The van der Waals surface area contributed by atoms with Gasteiger partial charge in [-0.2, -0.15) is 0 Å². The summed E-state index contributed by atoms with van der Waals surface area (Å²) < 4.78 is -4.77. The minimum atomic E-state index is -2.39. The van der Waals surface area contributed by atoms with E-state index in [4.69, 9.17) is 69.6 Å². The number of carbonyl (C=O) groups is 2. The van der Waals surface area contributed by atoms with Gasteiger partial charge in [0.25, 0.3) is 7.59 Å². The average molecular weight is 357 g/mol. The first-order valence-electron chi connectivity index (χ1n) is 2.95. The molecule has 0 N–H and O–H groups in total. The zero-order valence-electron chi connectivity index (χ0n) is 6.72. The number of rotatable bonds is 3. The molecule has 0 aromatic heterocycles. The Morgan fingerprint density at radius 3 is 1.12 bits per heavy atom. The van der Waals surface area contributed by atoms with Gasteiger partial charge in [0.2, 0.25) is 0 Å². The molecule has 12 heteroatoms. The molecule has 0 aliphatic carbocycles. The molecule has 0 unspecified atom stereocenters. The Labute approximate surface area is 118 Å². The highest BCUT2D eigenvalue weighted by Crippen LogP contribution is 2.28. The van der Waals surface area contributed by atoms with E-state index in [0.29, 0.717) is 0 Å². The molecule has 0 aliphatic rings. The largest absolute Gasteiger partial charge is 0.396 e. The minimum absolute atomic E-state index is 1.44. The maximum absolute atomic E-state index is 10.7. The monoisotopic (exact) mass is 354 g/mol. The normalized spacial score (nSPS) is 12.1. The lowest BCUT2D eigenvalue weighted by Crippen LogP contribution is -2.25. The van der Waals surface area contributed by atoms with Crippen LogP contribution in [-0.2, 0) is 29.4 Å². The van der Waals surface area contributed by atoms with Gasteiger partial charge in [0.15, 0.2) is 0 Å². The van der Waals surface area contributed by atoms with Gasteiger partial charge in [0.05, 0.1) is 0 Å². The fourth-order valence-corrected chi connectivity index (χ4v) is 0.373. The molecule has 0 heterocycles. The predicted octanol–water partition coefficient (Wildman–Crippen LogP) is 2.59. The summed E-state index contributed by atoms with van der Waals surface area (Å²) in [6.45, 7) is 0. The zero-order valence-corrected chi connectivity index (χ0v) is 11.3. The molecule has 16 heavy (non-hydrogen) atoms. The Bertz CT molecular complexity index is 239. The van der Waals surface area contributed by atoms with Crippen molar-refractivity contribution >= 4 is 81.5 Å². The highest BCUT2D eigenvalue weighted by molar-refractivity contribution is 6.76. The van der Waals surface area contributed by atoms with E-state index in [2.05, 4.69) is 19.9 Å². The fraction of sp³-hybridized carbons (Fsp3) is 0.500. The van der Waals surface area contributed by atoms with Gasteiger partial charge in [-0.1, -0.05) is 69.6 Å². The highest BCUT2D eigenvalue weighted by atomic mass is 35.6. The van der Waals surface area contributed by atoms with Gasteiger partial charge in [0.1, 0.15) is 0 Å². The summed E-state index contributed by atoms with van der Waals surface area (Å²) in [5.41, 5.74) is 0. The first-order chi connectivity index (χ1) is 7.05. The summed E-state index contributed by atoms with van der Waals surface area (Å²) in [6, 6.07) is 0. The van der Waals surface area contributed by atoms with Crippen LogP contribution in [0.2, 0.25) is 0 Å². The maximum Gasteiger partial charge on any atom is 0.396 e. The van der Waals surface area contributed by atoms with Gasteiger partial charge < -0.3 is 0 Å². The van der Waals surface area contributed by atoms with Crippen molar-refractivity contribution in [3.05, 3.63) is 0 Å². The standard InChI is InChI=1S/C4Cl6O6/c5-3(6,7)1(11)13-15-16-14-2(12)4(8,9)10. The SMILES string of the molecule is O=C(OOOOC(=O)C(Cl)(Cl)Cl)C(Cl)(Cl)Cl. The Morgan fingerprint density at radius 2 is 0.938 bits per heavy atom. The lowest BCUT2D eigenvalue weighted by Gasteiger charge is -2.08. The second-order valence-electron chi connectivity index (χ2n) is 1.87. The molecule has 94 valence electrons. The van der Waals surface area contributed by atoms with Crippen LogP contribution >= 0.6 is 69.6 Å². The van der Waals surface area contributed by atoms with Crippen LogP contribution in [0.1, 0.15) is 0 Å². The van der Waals surface area contributed by atoms with E-state index in [1.807, 2.05) is 0 Å². The van der Waals surface area contributed by atoms with Gasteiger partial charge in [0, 0.05) is 10.1 Å². The quantitative estimate of drug-likeness (QED) is 0.335. The lowest BCUT2D eigenvalue weighted by molar-refractivity contribution is -0.600. The van der Waals surface area contributed by atoms with E-state index in [0.717, 1.165) is 0 Å². The molecule has 0 aromatic rings. The van der Waals surface area contributed by atoms with Crippen LogP contribution < -0.4 is 0 Å². The Morgan fingerprint density at radius 1 is 0.688 bits per heavy atom. The van der Waals surface area contributed by atoms with Crippen LogP contribution in [0.3, 0.4) is 0 Å². The Kier molecular flexibility index (Phi) is 6.75. The summed E-state index contributed by atoms with van der Waals surface area (Å²) in [6.07, 6.45) is 0. The lowest BCUT2D eigenvalue weighted by atomic mass is 10.8. The van der Waals surface area contributed by atoms with Crippen molar-refractivity contribution in [2.24, 2.45) is 0 Å². The van der Waals surface area contributed by atoms with Crippen molar-refractivity contribution in [3.63, 3.8) is 0 Å². The maximum atomic E-state index is 10.7. The van der Waals surface area contributed by atoms with Gasteiger partial charge in [-0.15, -0.1) is 0 Å². The predicted molar refractivity (Wildman–Crippen MR) is 54.9 cm³/mol. The van der Waals surface area contributed by atoms with Crippen molar-refractivity contribution < 1.29 is 29.4 Å². The van der Waals surface area contributed by atoms with E-state index >= 15 is 0 Å². The van der Waals surface area contributed by atoms with Crippen LogP contribution in [0.25, 0.3) is 0 Å². The molecule has 0 fully saturated rings. The molecule has 0 saturated heterocycles. The van der Waals surface area contributed by atoms with Crippen LogP contribution in [-0.4, -0.2) is 19.5 Å². The van der Waals surface area contributed by atoms with Gasteiger partial charge >= 0.3 is 11.9 Å². The van der Waals surface area contributed by atoms with E-state index in [-0.39, 0.29) is 0 Å². The molecule has 0 rings (SSSR count). The second-order valence-corrected chi connectivity index (χ2v) is 6.44. The third kappa shape index (κ3) is 7.03. The molecule has 0 aromatic carbocycles. The van der Waals surface area contributed by atoms with Crippen LogP contribution in [0, 0.1) is 0 Å². The molecular formula is C4Cl6O6. The molecule has 0 aliphatic heterocycles. The molecule has 0 bridgehead atoms. The number of hydrogen-bond acceptors (Lipinski definition) is 6. The van der Waals surface area contributed by atoms with Gasteiger partial charge in [-0.25, -0.2) is 9.59 Å². The molecule has 0 spiro atoms. The number of halogens is 6. The Hall–Kier alpha value is 0.600. The van der Waals surface area contributed by atoms with Gasteiger partial charge in [-0.05, 0) is 0 Å². The summed E-state index contributed by atoms with van der Waals surface area (Å²) in [4.78, 5) is 28.7. The molecule has 0 radical (unpaired) electrons. The summed E-state index contributed by atoms with van der Waals surface area (Å²) in [5.74, 6) is -2.88. The van der Waals surface area contributed by atoms with E-state index in [1.54, 1.807) is 0 Å². The topological polar surface area (TPSA) is 71.1 Å². The average Bonchev–Trinajstić information content (AvgIpc) is 2.08. The molecule has 6 nitrogen and oxygen atoms in total. The van der Waals surface area contributed by atoms with Crippen LogP contribution in [0.5, 0.6) is 0 Å². The van der Waals surface area contributed by atoms with Crippen molar-refractivity contribution in [2.75, 3.05) is 0 Å². The first kappa shape index (κ1) is 16.6. The van der Waals surface area contributed by atoms with E-state index in [1.165, 1.54) is 0 Å². The molecule has 0 amide bonds. The van der Waals surface area contributed by atoms with Crippen LogP contribution in [0.4, 0.5) is 0 Å². The molecular weight excluding hydrogens is 357 g/mol. The Balaban J connectivity index is 3.79. The third-order valence-corrected chi connectivity index (χ3v) is 1.64. The van der Waals surface area contributed by atoms with Crippen molar-refractivity contribution in [1.29, 1.82) is 0 Å². The highest BCUT2D eigenvalue weighted by Gasteiger charge is 2.36.